The van der Waals surface area contributed by atoms with E-state index in [4.69, 9.17) is 15.4 Å². The van der Waals surface area contributed by atoms with Crippen LogP contribution in [0.25, 0.3) is 0 Å². The van der Waals surface area contributed by atoms with Gasteiger partial charge in [0.1, 0.15) is 12.1 Å². The van der Waals surface area contributed by atoms with Crippen molar-refractivity contribution in [3.05, 3.63) is 59.3 Å². The van der Waals surface area contributed by atoms with E-state index in [0.29, 0.717) is 5.56 Å². The van der Waals surface area contributed by atoms with Crippen LogP contribution < -0.4 is 11.1 Å². The Morgan fingerprint density at radius 3 is 2.80 bits per heavy atom. The molecule has 104 valence electrons. The topological polar surface area (TPSA) is 101 Å². The zero-order chi connectivity index (χ0) is 14.5. The van der Waals surface area contributed by atoms with Gasteiger partial charge in [0.25, 0.3) is 5.91 Å². The first kappa shape index (κ1) is 13.6. The fourth-order valence-electron chi connectivity index (χ4n) is 1.58. The van der Waals surface area contributed by atoms with Crippen LogP contribution in [-0.2, 0) is 6.54 Å². The zero-order valence-electron chi connectivity index (χ0n) is 10.3. The molecule has 0 bridgehead atoms. The molecule has 1 aromatic carbocycles. The Bertz CT molecular complexity index is 638. The van der Waals surface area contributed by atoms with Crippen molar-refractivity contribution in [1.29, 1.82) is 0 Å². The van der Waals surface area contributed by atoms with Crippen molar-refractivity contribution in [3.63, 3.8) is 0 Å². The van der Waals surface area contributed by atoms with Gasteiger partial charge in [0.05, 0.1) is 11.8 Å². The SMILES string of the molecule is NC(=NO)c1ccc(CNC(=O)c2ccoc2)c(F)c1. The normalized spacial score (nSPS) is 11.3. The molecule has 0 spiro atoms. The molecule has 0 radical (unpaired) electrons. The van der Waals surface area contributed by atoms with Crippen LogP contribution in [0.4, 0.5) is 4.39 Å². The van der Waals surface area contributed by atoms with Crippen LogP contribution in [0.1, 0.15) is 21.5 Å². The van der Waals surface area contributed by atoms with Crippen LogP contribution in [0.5, 0.6) is 0 Å². The summed E-state index contributed by atoms with van der Waals surface area (Å²) in [6.07, 6.45) is 2.68. The number of hydrogen-bond donors (Lipinski definition) is 3. The summed E-state index contributed by atoms with van der Waals surface area (Å²) in [6.45, 7) is 0.0201. The highest BCUT2D eigenvalue weighted by molar-refractivity contribution is 5.97. The first-order chi connectivity index (χ1) is 9.61. The number of nitrogens with two attached hydrogens (primary N) is 1. The summed E-state index contributed by atoms with van der Waals surface area (Å²) in [6, 6.07) is 5.59. The number of nitrogens with zero attached hydrogens (tertiary/aromatic N) is 1. The number of halogens is 1. The van der Waals surface area contributed by atoms with E-state index in [9.17, 15) is 9.18 Å². The molecular weight excluding hydrogens is 265 g/mol. The van der Waals surface area contributed by atoms with Gasteiger partial charge in [-0.15, -0.1) is 0 Å². The number of furan rings is 1. The molecule has 20 heavy (non-hydrogen) atoms. The van der Waals surface area contributed by atoms with E-state index in [1.807, 2.05) is 0 Å². The second-order valence-electron chi connectivity index (χ2n) is 3.99. The maximum Gasteiger partial charge on any atom is 0.254 e. The highest BCUT2D eigenvalue weighted by atomic mass is 19.1. The lowest BCUT2D eigenvalue weighted by Gasteiger charge is -2.06. The van der Waals surface area contributed by atoms with Crippen molar-refractivity contribution in [1.82, 2.24) is 5.32 Å². The molecule has 6 nitrogen and oxygen atoms in total. The van der Waals surface area contributed by atoms with Gasteiger partial charge >= 0.3 is 0 Å². The van der Waals surface area contributed by atoms with E-state index in [1.165, 1.54) is 30.7 Å². The molecule has 0 atom stereocenters. The zero-order valence-corrected chi connectivity index (χ0v) is 10.3. The monoisotopic (exact) mass is 277 g/mol. The summed E-state index contributed by atoms with van der Waals surface area (Å²) in [4.78, 5) is 11.6. The predicted molar refractivity (Wildman–Crippen MR) is 68.8 cm³/mol. The summed E-state index contributed by atoms with van der Waals surface area (Å²) in [7, 11) is 0. The lowest BCUT2D eigenvalue weighted by Crippen LogP contribution is -2.23. The molecule has 7 heteroatoms. The summed E-state index contributed by atoms with van der Waals surface area (Å²) >= 11 is 0. The number of carbonyl (C=O) groups excluding carboxylic acids is 1. The molecule has 0 aliphatic heterocycles. The lowest BCUT2D eigenvalue weighted by atomic mass is 10.1. The van der Waals surface area contributed by atoms with Crippen LogP contribution in [0.15, 0.2) is 46.4 Å². The Balaban J connectivity index is 2.05. The molecule has 1 heterocycles. The van der Waals surface area contributed by atoms with Crippen molar-refractivity contribution in [2.24, 2.45) is 10.9 Å². The predicted octanol–water partition coefficient (Wildman–Crippen LogP) is 1.44. The van der Waals surface area contributed by atoms with Crippen molar-refractivity contribution in [3.8, 4) is 0 Å². The lowest BCUT2D eigenvalue weighted by molar-refractivity contribution is 0.0950. The first-order valence-electron chi connectivity index (χ1n) is 5.68. The summed E-state index contributed by atoms with van der Waals surface area (Å²) in [5, 5.41) is 13.8. The van der Waals surface area contributed by atoms with E-state index in [-0.39, 0.29) is 29.4 Å². The van der Waals surface area contributed by atoms with Gasteiger partial charge in [0, 0.05) is 17.7 Å². The van der Waals surface area contributed by atoms with Gasteiger partial charge in [0.2, 0.25) is 0 Å². The maximum absolute atomic E-state index is 13.8. The molecule has 4 N–H and O–H groups in total. The van der Waals surface area contributed by atoms with E-state index in [1.54, 1.807) is 0 Å². The number of rotatable bonds is 4. The van der Waals surface area contributed by atoms with E-state index >= 15 is 0 Å². The van der Waals surface area contributed by atoms with Crippen molar-refractivity contribution < 1.29 is 18.8 Å². The Kier molecular flexibility index (Phi) is 3.99. The van der Waals surface area contributed by atoms with E-state index in [0.717, 1.165) is 6.07 Å². The molecule has 1 amide bonds. The Morgan fingerprint density at radius 2 is 2.20 bits per heavy atom. The standard InChI is InChI=1S/C13H12FN3O3/c14-11-5-8(12(15)17-19)1-2-9(11)6-16-13(18)10-3-4-20-7-10/h1-5,7,19H,6H2,(H2,15,17)(H,16,18). The number of hydrogen-bond acceptors (Lipinski definition) is 4. The minimum Gasteiger partial charge on any atom is -0.472 e. The Labute approximate surface area is 113 Å². The third-order valence-electron chi connectivity index (χ3n) is 2.68. The van der Waals surface area contributed by atoms with Gasteiger partial charge in [-0.1, -0.05) is 17.3 Å². The average Bonchev–Trinajstić information content (AvgIpc) is 2.99. The van der Waals surface area contributed by atoms with Crippen LogP contribution in [-0.4, -0.2) is 17.0 Å². The van der Waals surface area contributed by atoms with Crippen LogP contribution in [0, 0.1) is 5.82 Å². The quantitative estimate of drug-likeness (QED) is 0.340. The number of amidine groups is 1. The molecule has 0 unspecified atom stereocenters. The van der Waals surface area contributed by atoms with E-state index < -0.39 is 5.82 Å². The third kappa shape index (κ3) is 2.94. The number of amides is 1. The smallest absolute Gasteiger partial charge is 0.254 e. The largest absolute Gasteiger partial charge is 0.472 e. The van der Waals surface area contributed by atoms with Crippen molar-refractivity contribution in [2.45, 2.75) is 6.54 Å². The van der Waals surface area contributed by atoms with Crippen molar-refractivity contribution >= 4 is 11.7 Å². The van der Waals surface area contributed by atoms with Crippen LogP contribution in [0.2, 0.25) is 0 Å². The average molecular weight is 277 g/mol. The molecule has 2 aromatic rings. The van der Waals surface area contributed by atoms with E-state index in [2.05, 4.69) is 10.5 Å². The minimum atomic E-state index is -0.554. The van der Waals surface area contributed by atoms with Crippen molar-refractivity contribution in [2.75, 3.05) is 0 Å². The number of nitrogens with one attached hydrogen (secondary N) is 1. The summed E-state index contributed by atoms with van der Waals surface area (Å²) in [5.41, 5.74) is 6.26. The van der Waals surface area contributed by atoms with Gasteiger partial charge in [-0.25, -0.2) is 4.39 Å². The molecular formula is C13H12FN3O3. The van der Waals surface area contributed by atoms with Crippen LogP contribution in [0.3, 0.4) is 0 Å². The third-order valence-corrected chi connectivity index (χ3v) is 2.68. The molecule has 0 saturated heterocycles. The molecule has 0 saturated carbocycles. The van der Waals surface area contributed by atoms with Gasteiger partial charge in [-0.2, -0.15) is 0 Å². The number of benzene rings is 1. The second-order valence-corrected chi connectivity index (χ2v) is 3.99. The molecule has 0 aliphatic rings. The fourth-order valence-corrected chi connectivity index (χ4v) is 1.58. The maximum atomic E-state index is 13.8. The first-order valence-corrected chi connectivity index (χ1v) is 5.68. The highest BCUT2D eigenvalue weighted by Crippen LogP contribution is 2.11. The van der Waals surface area contributed by atoms with Gasteiger partial charge in [-0.05, 0) is 12.1 Å². The Hall–Kier alpha value is -2.83. The number of carbonyl (C=O) groups is 1. The fraction of sp³-hybridized carbons (Fsp3) is 0.0769. The summed E-state index contributed by atoms with van der Waals surface area (Å²) in [5.74, 6) is -1.10. The minimum absolute atomic E-state index is 0.0201. The molecule has 2 rings (SSSR count). The Morgan fingerprint density at radius 1 is 1.40 bits per heavy atom. The number of oxime groups is 1. The summed E-state index contributed by atoms with van der Waals surface area (Å²) < 4.78 is 18.6. The molecule has 0 fully saturated rings. The van der Waals surface area contributed by atoms with Gasteiger partial charge < -0.3 is 20.7 Å². The molecule has 1 aromatic heterocycles. The second kappa shape index (κ2) is 5.87. The van der Waals surface area contributed by atoms with Gasteiger partial charge in [-0.3, -0.25) is 4.79 Å². The van der Waals surface area contributed by atoms with Gasteiger partial charge in [0.15, 0.2) is 5.84 Å². The molecule has 0 aliphatic carbocycles. The van der Waals surface area contributed by atoms with Crippen LogP contribution >= 0.6 is 0 Å². The highest BCUT2D eigenvalue weighted by Gasteiger charge is 2.10.